The van der Waals surface area contributed by atoms with E-state index in [0.29, 0.717) is 24.2 Å². The number of hydrogen-bond acceptors (Lipinski definition) is 3. The molecule has 1 aliphatic rings. The van der Waals surface area contributed by atoms with Crippen molar-refractivity contribution in [3.63, 3.8) is 0 Å². The lowest BCUT2D eigenvalue weighted by atomic mass is 9.91. The summed E-state index contributed by atoms with van der Waals surface area (Å²) in [6.07, 6.45) is 4.40. The molecule has 1 aliphatic carbocycles. The van der Waals surface area contributed by atoms with E-state index in [1.165, 1.54) is 12.8 Å². The third-order valence-electron chi connectivity index (χ3n) is 3.27. The lowest BCUT2D eigenvalue weighted by Gasteiger charge is -2.27. The topological polar surface area (TPSA) is 35.5 Å². The Morgan fingerprint density at radius 3 is 2.41 bits per heavy atom. The SMILES string of the molecule is CCOC(CS(=O)C1CCCC(C)C1)OCC. The Morgan fingerprint density at radius 1 is 1.24 bits per heavy atom. The highest BCUT2D eigenvalue weighted by Gasteiger charge is 2.26. The fourth-order valence-corrected chi connectivity index (χ4v) is 4.11. The minimum absolute atomic E-state index is 0.289. The van der Waals surface area contributed by atoms with Crippen molar-refractivity contribution in [3.8, 4) is 0 Å². The van der Waals surface area contributed by atoms with Crippen molar-refractivity contribution < 1.29 is 13.7 Å². The molecule has 0 bridgehead atoms. The van der Waals surface area contributed by atoms with Gasteiger partial charge in [0.1, 0.15) is 0 Å². The smallest absolute Gasteiger partial charge is 0.168 e. The molecule has 0 heterocycles. The van der Waals surface area contributed by atoms with Crippen LogP contribution >= 0.6 is 0 Å². The van der Waals surface area contributed by atoms with Crippen molar-refractivity contribution in [2.45, 2.75) is 58.0 Å². The number of rotatable bonds is 7. The van der Waals surface area contributed by atoms with E-state index in [4.69, 9.17) is 9.47 Å². The summed E-state index contributed by atoms with van der Waals surface area (Å²) >= 11 is 0. The molecule has 0 amide bonds. The van der Waals surface area contributed by atoms with Gasteiger partial charge in [-0.15, -0.1) is 0 Å². The minimum atomic E-state index is -0.810. The van der Waals surface area contributed by atoms with Gasteiger partial charge in [0.2, 0.25) is 0 Å². The molecule has 102 valence electrons. The molecule has 0 spiro atoms. The first kappa shape index (κ1) is 15.1. The third kappa shape index (κ3) is 5.49. The Kier molecular flexibility index (Phi) is 7.32. The molecule has 3 atom stereocenters. The second kappa shape index (κ2) is 8.22. The summed E-state index contributed by atoms with van der Waals surface area (Å²) < 4.78 is 23.2. The van der Waals surface area contributed by atoms with Gasteiger partial charge in [-0.25, -0.2) is 0 Å². The molecule has 1 rings (SSSR count). The summed E-state index contributed by atoms with van der Waals surface area (Å²) in [4.78, 5) is 0. The van der Waals surface area contributed by atoms with Crippen LogP contribution in [0.15, 0.2) is 0 Å². The van der Waals surface area contributed by atoms with Crippen LogP contribution in [0.4, 0.5) is 0 Å². The van der Waals surface area contributed by atoms with Gasteiger partial charge in [-0.05, 0) is 32.6 Å². The molecule has 0 aromatic heterocycles. The first-order valence-corrected chi connectivity index (χ1v) is 8.15. The highest BCUT2D eigenvalue weighted by atomic mass is 32.2. The van der Waals surface area contributed by atoms with Gasteiger partial charge in [0, 0.05) is 29.3 Å². The normalized spacial score (nSPS) is 27.3. The maximum absolute atomic E-state index is 12.3. The zero-order valence-electron chi connectivity index (χ0n) is 11.3. The van der Waals surface area contributed by atoms with Crippen molar-refractivity contribution in [1.29, 1.82) is 0 Å². The molecule has 3 nitrogen and oxygen atoms in total. The van der Waals surface area contributed by atoms with Gasteiger partial charge in [-0.2, -0.15) is 0 Å². The molecule has 0 radical (unpaired) electrons. The predicted molar refractivity (Wildman–Crippen MR) is 71.5 cm³/mol. The van der Waals surface area contributed by atoms with Gasteiger partial charge in [0.15, 0.2) is 6.29 Å². The van der Waals surface area contributed by atoms with Crippen LogP contribution in [0.3, 0.4) is 0 Å². The average Bonchev–Trinajstić information content (AvgIpc) is 2.29. The van der Waals surface area contributed by atoms with Gasteiger partial charge in [0.25, 0.3) is 0 Å². The third-order valence-corrected chi connectivity index (χ3v) is 5.04. The monoisotopic (exact) mass is 262 g/mol. The molecule has 3 unspecified atom stereocenters. The standard InChI is InChI=1S/C13H26O3S/c1-4-15-13(16-5-2)10-17(14)12-8-6-7-11(3)9-12/h11-13H,4-10H2,1-3H3. The van der Waals surface area contributed by atoms with Crippen LogP contribution in [0.1, 0.15) is 46.5 Å². The Hall–Kier alpha value is 0.0700. The van der Waals surface area contributed by atoms with E-state index >= 15 is 0 Å². The molecule has 1 saturated carbocycles. The summed E-state index contributed by atoms with van der Waals surface area (Å²) in [5.74, 6) is 1.24. The number of ether oxygens (including phenoxy) is 2. The van der Waals surface area contributed by atoms with Crippen molar-refractivity contribution in [2.24, 2.45) is 5.92 Å². The largest absolute Gasteiger partial charge is 0.352 e. The van der Waals surface area contributed by atoms with Gasteiger partial charge < -0.3 is 9.47 Å². The number of hydrogen-bond donors (Lipinski definition) is 0. The maximum atomic E-state index is 12.3. The molecule has 17 heavy (non-hydrogen) atoms. The maximum Gasteiger partial charge on any atom is 0.168 e. The predicted octanol–water partition coefficient (Wildman–Crippen LogP) is 2.71. The van der Waals surface area contributed by atoms with Crippen LogP contribution < -0.4 is 0 Å². The molecule has 0 aliphatic heterocycles. The van der Waals surface area contributed by atoms with Crippen molar-refractivity contribution in [1.82, 2.24) is 0 Å². The van der Waals surface area contributed by atoms with E-state index < -0.39 is 10.8 Å². The quantitative estimate of drug-likeness (QED) is 0.662. The van der Waals surface area contributed by atoms with Crippen LogP contribution in [0.25, 0.3) is 0 Å². The molecule has 4 heteroatoms. The zero-order valence-corrected chi connectivity index (χ0v) is 12.1. The zero-order chi connectivity index (χ0) is 12.7. The van der Waals surface area contributed by atoms with E-state index in [0.717, 1.165) is 18.8 Å². The fraction of sp³-hybridized carbons (Fsp3) is 1.00. The second-order valence-electron chi connectivity index (χ2n) is 4.78. The van der Waals surface area contributed by atoms with Gasteiger partial charge in [-0.3, -0.25) is 4.21 Å². The molecule has 0 aromatic carbocycles. The Balaban J connectivity index is 2.39. The average molecular weight is 262 g/mol. The summed E-state index contributed by atoms with van der Waals surface area (Å²) in [5, 5.41) is 0.349. The Bertz CT molecular complexity index is 227. The van der Waals surface area contributed by atoms with E-state index in [2.05, 4.69) is 6.92 Å². The van der Waals surface area contributed by atoms with E-state index in [9.17, 15) is 4.21 Å². The van der Waals surface area contributed by atoms with Gasteiger partial charge in [0.05, 0.1) is 5.75 Å². The van der Waals surface area contributed by atoms with Crippen LogP contribution in [-0.2, 0) is 20.3 Å². The Labute approximate surface area is 108 Å². The highest BCUT2D eigenvalue weighted by molar-refractivity contribution is 7.85. The molecule has 0 aromatic rings. The second-order valence-corrected chi connectivity index (χ2v) is 6.54. The van der Waals surface area contributed by atoms with E-state index in [1.807, 2.05) is 13.8 Å². The minimum Gasteiger partial charge on any atom is -0.352 e. The van der Waals surface area contributed by atoms with Crippen molar-refractivity contribution in [2.75, 3.05) is 19.0 Å². The Morgan fingerprint density at radius 2 is 1.88 bits per heavy atom. The van der Waals surface area contributed by atoms with E-state index in [1.54, 1.807) is 0 Å². The molecule has 1 fully saturated rings. The van der Waals surface area contributed by atoms with Crippen LogP contribution in [0.2, 0.25) is 0 Å². The summed E-state index contributed by atoms with van der Waals surface area (Å²) in [6.45, 7) is 7.37. The van der Waals surface area contributed by atoms with Crippen LogP contribution in [-0.4, -0.2) is 34.7 Å². The summed E-state index contributed by atoms with van der Waals surface area (Å²) in [6, 6.07) is 0. The fourth-order valence-electron chi connectivity index (χ4n) is 2.40. The lowest BCUT2D eigenvalue weighted by molar-refractivity contribution is -0.120. The first-order chi connectivity index (χ1) is 8.17. The first-order valence-electron chi connectivity index (χ1n) is 6.77. The molecular weight excluding hydrogens is 236 g/mol. The summed E-state index contributed by atoms with van der Waals surface area (Å²) in [7, 11) is -0.810. The van der Waals surface area contributed by atoms with Gasteiger partial charge in [-0.1, -0.05) is 19.8 Å². The molecule has 0 N–H and O–H groups in total. The van der Waals surface area contributed by atoms with Crippen LogP contribution in [0, 0.1) is 5.92 Å². The van der Waals surface area contributed by atoms with Crippen molar-refractivity contribution in [3.05, 3.63) is 0 Å². The molecule has 0 saturated heterocycles. The lowest BCUT2D eigenvalue weighted by Crippen LogP contribution is -2.31. The summed E-state index contributed by atoms with van der Waals surface area (Å²) in [5.41, 5.74) is 0. The highest BCUT2D eigenvalue weighted by Crippen LogP contribution is 2.27. The molecular formula is C13H26O3S. The van der Waals surface area contributed by atoms with Gasteiger partial charge >= 0.3 is 0 Å². The van der Waals surface area contributed by atoms with Crippen molar-refractivity contribution >= 4 is 10.8 Å². The van der Waals surface area contributed by atoms with E-state index in [-0.39, 0.29) is 6.29 Å². The van der Waals surface area contributed by atoms with Crippen LogP contribution in [0.5, 0.6) is 0 Å².